The minimum atomic E-state index is 0.0436. The van der Waals surface area contributed by atoms with Crippen LogP contribution in [0.15, 0.2) is 66.7 Å². The monoisotopic (exact) mass is 430 g/mol. The first kappa shape index (κ1) is 21.0. The molecule has 0 aliphatic heterocycles. The normalized spacial score (nSPS) is 13.5. The van der Waals surface area contributed by atoms with Crippen molar-refractivity contribution in [1.82, 2.24) is 0 Å². The van der Waals surface area contributed by atoms with Crippen LogP contribution >= 0.6 is 11.6 Å². The van der Waals surface area contributed by atoms with Gasteiger partial charge in [-0.05, 0) is 54.3 Å². The lowest BCUT2D eigenvalue weighted by atomic mass is 10.0. The van der Waals surface area contributed by atoms with E-state index in [1.165, 1.54) is 0 Å². The van der Waals surface area contributed by atoms with Crippen LogP contribution in [-0.4, -0.2) is 5.91 Å². The van der Waals surface area contributed by atoms with Crippen molar-refractivity contribution in [2.24, 2.45) is 5.92 Å². The number of carbonyl (C=O) groups excluding carboxylic acids is 1. The topological polar surface area (TPSA) is 62.1 Å². The van der Waals surface area contributed by atoms with Crippen LogP contribution in [0.2, 0.25) is 5.02 Å². The fourth-order valence-electron chi connectivity index (χ4n) is 3.96. The number of hydrogen-bond donors (Lipinski definition) is 1. The molecule has 0 saturated heterocycles. The quantitative estimate of drug-likeness (QED) is 0.480. The maximum atomic E-state index is 12.8. The van der Waals surface area contributed by atoms with Gasteiger partial charge in [-0.3, -0.25) is 4.79 Å². The van der Waals surface area contributed by atoms with Gasteiger partial charge in [0.15, 0.2) is 5.75 Å². The van der Waals surface area contributed by atoms with E-state index in [0.29, 0.717) is 22.0 Å². The van der Waals surface area contributed by atoms with E-state index < -0.39 is 0 Å². The predicted octanol–water partition coefficient (Wildman–Crippen LogP) is 6.59. The number of halogens is 1. The number of nitrogens with zero attached hydrogens (tertiary/aromatic N) is 1. The van der Waals surface area contributed by atoms with Crippen LogP contribution in [0, 0.1) is 17.2 Å². The van der Waals surface area contributed by atoms with E-state index in [0.717, 1.165) is 42.4 Å². The molecule has 0 spiro atoms. The van der Waals surface area contributed by atoms with E-state index in [2.05, 4.69) is 11.4 Å². The van der Waals surface area contributed by atoms with E-state index in [-0.39, 0.29) is 18.4 Å². The highest BCUT2D eigenvalue weighted by atomic mass is 35.5. The molecule has 4 nitrogen and oxygen atoms in total. The van der Waals surface area contributed by atoms with Gasteiger partial charge in [0, 0.05) is 16.5 Å². The fourth-order valence-corrected chi connectivity index (χ4v) is 4.08. The third-order valence-corrected chi connectivity index (χ3v) is 5.85. The van der Waals surface area contributed by atoms with Crippen LogP contribution in [-0.2, 0) is 11.4 Å². The Morgan fingerprint density at radius 2 is 1.81 bits per heavy atom. The second-order valence-electron chi connectivity index (χ2n) is 7.76. The number of rotatable bonds is 6. The zero-order valence-electron chi connectivity index (χ0n) is 17.1. The second-order valence-corrected chi connectivity index (χ2v) is 8.20. The second kappa shape index (κ2) is 9.68. The summed E-state index contributed by atoms with van der Waals surface area (Å²) in [5.74, 6) is 0.708. The molecule has 3 aromatic rings. The zero-order chi connectivity index (χ0) is 21.6. The van der Waals surface area contributed by atoms with Crippen molar-refractivity contribution >= 4 is 23.2 Å². The van der Waals surface area contributed by atoms with Crippen LogP contribution in [0.1, 0.15) is 36.8 Å². The van der Waals surface area contributed by atoms with Gasteiger partial charge in [0.1, 0.15) is 6.61 Å². The maximum Gasteiger partial charge on any atom is 0.227 e. The van der Waals surface area contributed by atoms with E-state index in [1.807, 2.05) is 60.7 Å². The Bertz CT molecular complexity index is 1110. The number of benzene rings is 3. The molecule has 1 fully saturated rings. The van der Waals surface area contributed by atoms with E-state index in [4.69, 9.17) is 21.6 Å². The minimum Gasteiger partial charge on any atom is -0.486 e. The number of carbonyl (C=O) groups is 1. The third-order valence-electron chi connectivity index (χ3n) is 5.59. The van der Waals surface area contributed by atoms with Gasteiger partial charge in [0.05, 0.1) is 17.3 Å². The first-order valence-electron chi connectivity index (χ1n) is 10.5. The Hall–Kier alpha value is -3.29. The van der Waals surface area contributed by atoms with Crippen molar-refractivity contribution in [2.75, 3.05) is 5.32 Å². The SMILES string of the molecule is N#Cc1cccc(COc2c(NC(=O)C3CCCC3)cccc2-c2ccc(Cl)cc2)c1. The largest absolute Gasteiger partial charge is 0.486 e. The van der Waals surface area contributed by atoms with E-state index >= 15 is 0 Å². The van der Waals surface area contributed by atoms with Gasteiger partial charge >= 0.3 is 0 Å². The molecule has 0 radical (unpaired) electrons. The molecule has 0 bridgehead atoms. The molecular weight excluding hydrogens is 408 g/mol. The van der Waals surface area contributed by atoms with Gasteiger partial charge in [-0.25, -0.2) is 0 Å². The van der Waals surface area contributed by atoms with E-state index in [9.17, 15) is 4.79 Å². The van der Waals surface area contributed by atoms with Gasteiger partial charge in [0.25, 0.3) is 0 Å². The molecular formula is C26H23ClN2O2. The number of hydrogen-bond acceptors (Lipinski definition) is 3. The Kier molecular flexibility index (Phi) is 6.54. The van der Waals surface area contributed by atoms with Gasteiger partial charge in [-0.1, -0.05) is 60.8 Å². The summed E-state index contributed by atoms with van der Waals surface area (Å²) in [5, 5.41) is 12.9. The predicted molar refractivity (Wildman–Crippen MR) is 123 cm³/mol. The molecule has 1 aliphatic rings. The highest BCUT2D eigenvalue weighted by Crippen LogP contribution is 2.38. The Balaban J connectivity index is 1.66. The van der Waals surface area contributed by atoms with Crippen LogP contribution in [0.25, 0.3) is 11.1 Å². The summed E-state index contributed by atoms with van der Waals surface area (Å²) in [6, 6.07) is 22.8. The lowest BCUT2D eigenvalue weighted by Crippen LogP contribution is -2.20. The molecule has 1 saturated carbocycles. The molecule has 0 unspecified atom stereocenters. The fraction of sp³-hybridized carbons (Fsp3) is 0.231. The molecule has 1 N–H and O–H groups in total. The van der Waals surface area contributed by atoms with Crippen molar-refractivity contribution in [3.8, 4) is 22.9 Å². The summed E-state index contributed by atoms with van der Waals surface area (Å²) in [7, 11) is 0. The first-order chi connectivity index (χ1) is 15.1. The van der Waals surface area contributed by atoms with Crippen LogP contribution < -0.4 is 10.1 Å². The Labute approximate surface area is 187 Å². The number of nitrogens with one attached hydrogen (secondary N) is 1. The van der Waals surface area contributed by atoms with Crippen LogP contribution in [0.5, 0.6) is 5.75 Å². The number of ether oxygens (including phenoxy) is 1. The van der Waals surface area contributed by atoms with Gasteiger partial charge < -0.3 is 10.1 Å². The summed E-state index contributed by atoms with van der Waals surface area (Å²) in [6.45, 7) is 0.284. The average molecular weight is 431 g/mol. The number of para-hydroxylation sites is 1. The standard InChI is InChI=1S/C26H23ClN2O2/c27-22-13-11-20(12-14-22)23-9-4-10-24(29-26(30)21-7-1-2-8-21)25(23)31-17-19-6-3-5-18(15-19)16-28/h3-6,9-15,21H,1-2,7-8,17H2,(H,29,30). The van der Waals surface area contributed by atoms with Crippen molar-refractivity contribution in [1.29, 1.82) is 5.26 Å². The lowest BCUT2D eigenvalue weighted by molar-refractivity contribution is -0.119. The number of anilines is 1. The molecule has 4 rings (SSSR count). The molecule has 1 amide bonds. The Morgan fingerprint density at radius 3 is 2.55 bits per heavy atom. The smallest absolute Gasteiger partial charge is 0.227 e. The first-order valence-corrected chi connectivity index (χ1v) is 10.8. The molecule has 31 heavy (non-hydrogen) atoms. The van der Waals surface area contributed by atoms with Gasteiger partial charge in [-0.15, -0.1) is 0 Å². The molecule has 156 valence electrons. The molecule has 1 aliphatic carbocycles. The summed E-state index contributed by atoms with van der Waals surface area (Å²) < 4.78 is 6.24. The maximum absolute atomic E-state index is 12.8. The van der Waals surface area contributed by atoms with Crippen molar-refractivity contribution in [3.63, 3.8) is 0 Å². The molecule has 0 heterocycles. The average Bonchev–Trinajstić information content (AvgIpc) is 3.34. The third kappa shape index (κ3) is 5.07. The van der Waals surface area contributed by atoms with Crippen molar-refractivity contribution in [3.05, 3.63) is 82.9 Å². The summed E-state index contributed by atoms with van der Waals surface area (Å²) >= 11 is 6.07. The van der Waals surface area contributed by atoms with E-state index in [1.54, 1.807) is 6.07 Å². The summed E-state index contributed by atoms with van der Waals surface area (Å²) in [4.78, 5) is 12.8. The van der Waals surface area contributed by atoms with Crippen LogP contribution in [0.3, 0.4) is 0 Å². The zero-order valence-corrected chi connectivity index (χ0v) is 17.9. The summed E-state index contributed by atoms with van der Waals surface area (Å²) in [6.07, 6.45) is 4.06. The molecule has 5 heteroatoms. The van der Waals surface area contributed by atoms with Crippen molar-refractivity contribution < 1.29 is 9.53 Å². The van der Waals surface area contributed by atoms with Gasteiger partial charge in [-0.2, -0.15) is 5.26 Å². The van der Waals surface area contributed by atoms with Gasteiger partial charge in [0.2, 0.25) is 5.91 Å². The highest BCUT2D eigenvalue weighted by molar-refractivity contribution is 6.30. The lowest BCUT2D eigenvalue weighted by Gasteiger charge is -2.18. The summed E-state index contributed by atoms with van der Waals surface area (Å²) in [5.41, 5.74) is 3.94. The number of amides is 1. The minimum absolute atomic E-state index is 0.0436. The van der Waals surface area contributed by atoms with Crippen molar-refractivity contribution in [2.45, 2.75) is 32.3 Å². The highest BCUT2D eigenvalue weighted by Gasteiger charge is 2.24. The van der Waals surface area contributed by atoms with Crippen LogP contribution in [0.4, 0.5) is 5.69 Å². The Morgan fingerprint density at radius 1 is 1.06 bits per heavy atom. The number of nitriles is 1. The molecule has 0 aromatic heterocycles. The molecule has 0 atom stereocenters. The molecule has 3 aromatic carbocycles.